The number of esters is 1. The highest BCUT2D eigenvalue weighted by Gasteiger charge is 2.35. The number of amides is 1. The molecule has 2 aromatic heterocycles. The molecule has 0 saturated heterocycles. The standard InChI is InChI=1S/C22H24N2O3S2/c25-20(23-12-11-15-6-5-13-28-15)14-27-22(26)17-8-2-1-7-16(17)21-24-18-9-3-4-10-19(18)29-21/h3-6,9-10,13,16-17H,1-2,7-8,11-12,14H2,(H,23,25). The van der Waals surface area contributed by atoms with Gasteiger partial charge in [-0.1, -0.05) is 31.0 Å². The summed E-state index contributed by atoms with van der Waals surface area (Å²) in [4.78, 5) is 30.8. The number of rotatable bonds is 7. The first-order valence-corrected chi connectivity index (χ1v) is 11.7. The lowest BCUT2D eigenvalue weighted by Gasteiger charge is -2.28. The molecule has 1 amide bonds. The van der Waals surface area contributed by atoms with Crippen LogP contribution in [0.5, 0.6) is 0 Å². The van der Waals surface area contributed by atoms with E-state index in [1.54, 1.807) is 22.7 Å². The van der Waals surface area contributed by atoms with Crippen molar-refractivity contribution in [2.75, 3.05) is 13.2 Å². The lowest BCUT2D eigenvalue weighted by Crippen LogP contribution is -2.33. The molecule has 7 heteroatoms. The molecule has 5 nitrogen and oxygen atoms in total. The van der Waals surface area contributed by atoms with E-state index in [0.29, 0.717) is 6.54 Å². The number of hydrogen-bond acceptors (Lipinski definition) is 6. The van der Waals surface area contributed by atoms with Gasteiger partial charge in [0.15, 0.2) is 6.61 Å². The van der Waals surface area contributed by atoms with Crippen LogP contribution in [-0.2, 0) is 20.7 Å². The van der Waals surface area contributed by atoms with Gasteiger partial charge in [0.05, 0.1) is 21.1 Å². The van der Waals surface area contributed by atoms with Gasteiger partial charge < -0.3 is 10.1 Å². The van der Waals surface area contributed by atoms with Crippen LogP contribution in [0, 0.1) is 5.92 Å². The lowest BCUT2D eigenvalue weighted by atomic mass is 9.79. The highest BCUT2D eigenvalue weighted by molar-refractivity contribution is 7.18. The van der Waals surface area contributed by atoms with Gasteiger partial charge in [0, 0.05) is 17.3 Å². The average Bonchev–Trinajstić information content (AvgIpc) is 3.41. The van der Waals surface area contributed by atoms with Crippen molar-refractivity contribution >= 4 is 44.8 Å². The molecule has 2 heterocycles. The fraction of sp³-hybridized carbons (Fsp3) is 0.409. The number of thiophene rings is 1. The predicted octanol–water partition coefficient (Wildman–Crippen LogP) is 4.53. The first-order chi connectivity index (χ1) is 14.2. The molecule has 1 saturated carbocycles. The minimum atomic E-state index is -0.276. The largest absolute Gasteiger partial charge is 0.455 e. The van der Waals surface area contributed by atoms with Crippen molar-refractivity contribution in [3.05, 3.63) is 51.7 Å². The van der Waals surface area contributed by atoms with Crippen molar-refractivity contribution < 1.29 is 14.3 Å². The topological polar surface area (TPSA) is 68.3 Å². The van der Waals surface area contributed by atoms with E-state index < -0.39 is 0 Å². The van der Waals surface area contributed by atoms with Crippen LogP contribution in [0.15, 0.2) is 41.8 Å². The summed E-state index contributed by atoms with van der Waals surface area (Å²) in [6, 6.07) is 12.1. The zero-order valence-corrected chi connectivity index (χ0v) is 17.8. The second-order valence-corrected chi connectivity index (χ2v) is 9.40. The number of hydrogen-bond donors (Lipinski definition) is 1. The molecule has 0 spiro atoms. The molecule has 152 valence electrons. The van der Waals surface area contributed by atoms with Gasteiger partial charge in [-0.3, -0.25) is 9.59 Å². The highest BCUT2D eigenvalue weighted by atomic mass is 32.1. The minimum Gasteiger partial charge on any atom is -0.455 e. The van der Waals surface area contributed by atoms with Gasteiger partial charge in [-0.05, 0) is 42.8 Å². The Morgan fingerprint density at radius 3 is 2.83 bits per heavy atom. The zero-order valence-electron chi connectivity index (χ0n) is 16.1. The van der Waals surface area contributed by atoms with E-state index in [2.05, 4.69) is 11.4 Å². The van der Waals surface area contributed by atoms with Crippen molar-refractivity contribution in [1.82, 2.24) is 10.3 Å². The first-order valence-electron chi connectivity index (χ1n) is 10.0. The van der Waals surface area contributed by atoms with E-state index in [0.717, 1.165) is 47.3 Å². The molecule has 0 radical (unpaired) electrons. The van der Waals surface area contributed by atoms with Gasteiger partial charge in [0.25, 0.3) is 5.91 Å². The summed E-state index contributed by atoms with van der Waals surface area (Å²) in [6.45, 7) is 0.334. The number of benzene rings is 1. The summed E-state index contributed by atoms with van der Waals surface area (Å²) in [5, 5.41) is 5.85. The molecule has 0 aliphatic heterocycles. The lowest BCUT2D eigenvalue weighted by molar-refractivity contribution is -0.154. The van der Waals surface area contributed by atoms with E-state index in [4.69, 9.17) is 9.72 Å². The van der Waals surface area contributed by atoms with Crippen LogP contribution in [0.4, 0.5) is 0 Å². The van der Waals surface area contributed by atoms with Gasteiger partial charge in [0.1, 0.15) is 0 Å². The number of nitrogens with zero attached hydrogens (tertiary/aromatic N) is 1. The Morgan fingerprint density at radius 1 is 1.14 bits per heavy atom. The Balaban J connectivity index is 1.31. The molecule has 1 aliphatic rings. The number of aromatic nitrogens is 1. The van der Waals surface area contributed by atoms with E-state index in [1.807, 2.05) is 35.7 Å². The summed E-state index contributed by atoms with van der Waals surface area (Å²) < 4.78 is 6.53. The third kappa shape index (κ3) is 5.03. The Bertz CT molecular complexity index is 935. The van der Waals surface area contributed by atoms with Gasteiger partial charge in [-0.2, -0.15) is 0 Å². The third-order valence-electron chi connectivity index (χ3n) is 5.32. The Morgan fingerprint density at radius 2 is 2.00 bits per heavy atom. The second-order valence-electron chi connectivity index (χ2n) is 7.30. The molecule has 2 atom stereocenters. The van der Waals surface area contributed by atoms with Crippen molar-refractivity contribution in [1.29, 1.82) is 0 Å². The summed E-state index contributed by atoms with van der Waals surface area (Å²) >= 11 is 3.33. The molecular formula is C22H24N2O3S2. The number of carbonyl (C=O) groups is 2. The number of fused-ring (bicyclic) bond motifs is 1. The maximum absolute atomic E-state index is 12.7. The minimum absolute atomic E-state index is 0.0792. The fourth-order valence-corrected chi connectivity index (χ4v) is 5.71. The zero-order chi connectivity index (χ0) is 20.1. The quantitative estimate of drug-likeness (QED) is 0.561. The molecule has 1 fully saturated rings. The summed E-state index contributed by atoms with van der Waals surface area (Å²) in [7, 11) is 0. The number of carbonyl (C=O) groups excluding carboxylic acids is 2. The SMILES string of the molecule is O=C(COC(=O)C1CCCCC1c1nc2ccccc2s1)NCCc1cccs1. The maximum Gasteiger partial charge on any atom is 0.310 e. The molecule has 4 rings (SSSR count). The normalized spacial score (nSPS) is 19.2. The maximum atomic E-state index is 12.7. The Hall–Kier alpha value is -2.25. The monoisotopic (exact) mass is 428 g/mol. The third-order valence-corrected chi connectivity index (χ3v) is 7.42. The van der Waals surface area contributed by atoms with E-state index >= 15 is 0 Å². The molecule has 2 unspecified atom stereocenters. The molecule has 1 aliphatic carbocycles. The fourth-order valence-electron chi connectivity index (χ4n) is 3.83. The van der Waals surface area contributed by atoms with E-state index in [1.165, 1.54) is 4.88 Å². The summed E-state index contributed by atoms with van der Waals surface area (Å²) in [5.41, 5.74) is 0.982. The van der Waals surface area contributed by atoms with Crippen LogP contribution in [0.1, 0.15) is 41.5 Å². The smallest absolute Gasteiger partial charge is 0.310 e. The molecule has 0 bridgehead atoms. The van der Waals surface area contributed by atoms with Gasteiger partial charge in [-0.25, -0.2) is 4.98 Å². The van der Waals surface area contributed by atoms with Crippen LogP contribution in [0.25, 0.3) is 10.2 Å². The van der Waals surface area contributed by atoms with Gasteiger partial charge in [0.2, 0.25) is 0 Å². The molecule has 1 N–H and O–H groups in total. The molecule has 29 heavy (non-hydrogen) atoms. The Labute approximate surface area is 178 Å². The number of ether oxygens (including phenoxy) is 1. The first kappa shape index (κ1) is 20.0. The number of para-hydroxylation sites is 1. The average molecular weight is 429 g/mol. The number of nitrogens with one attached hydrogen (secondary N) is 1. The van der Waals surface area contributed by atoms with Crippen LogP contribution in [-0.4, -0.2) is 30.0 Å². The second kappa shape index (κ2) is 9.50. The summed E-state index contributed by atoms with van der Waals surface area (Å²) in [6.07, 6.45) is 4.62. The van der Waals surface area contributed by atoms with Crippen LogP contribution >= 0.6 is 22.7 Å². The molecule has 1 aromatic carbocycles. The molecule has 3 aromatic rings. The summed E-state index contributed by atoms with van der Waals surface area (Å²) in [5.74, 6) is -0.664. The van der Waals surface area contributed by atoms with Crippen LogP contribution in [0.3, 0.4) is 0 Å². The van der Waals surface area contributed by atoms with Crippen LogP contribution in [0.2, 0.25) is 0 Å². The van der Waals surface area contributed by atoms with Gasteiger partial charge in [-0.15, -0.1) is 22.7 Å². The number of thiazole rings is 1. The van der Waals surface area contributed by atoms with E-state index in [-0.39, 0.29) is 30.3 Å². The van der Waals surface area contributed by atoms with E-state index in [9.17, 15) is 9.59 Å². The highest BCUT2D eigenvalue weighted by Crippen LogP contribution is 2.41. The van der Waals surface area contributed by atoms with Crippen molar-refractivity contribution in [3.8, 4) is 0 Å². The van der Waals surface area contributed by atoms with Crippen LogP contribution < -0.4 is 5.32 Å². The molecular weight excluding hydrogens is 404 g/mol. The van der Waals surface area contributed by atoms with Crippen molar-refractivity contribution in [2.45, 2.75) is 38.0 Å². The van der Waals surface area contributed by atoms with Gasteiger partial charge >= 0.3 is 5.97 Å². The predicted molar refractivity (Wildman–Crippen MR) is 116 cm³/mol. The van der Waals surface area contributed by atoms with Crippen molar-refractivity contribution in [3.63, 3.8) is 0 Å². The van der Waals surface area contributed by atoms with Crippen molar-refractivity contribution in [2.24, 2.45) is 5.92 Å². The Kier molecular flexibility index (Phi) is 6.56.